The van der Waals surface area contributed by atoms with Crippen LogP contribution in [0.25, 0.3) is 11.3 Å². The summed E-state index contributed by atoms with van der Waals surface area (Å²) in [7, 11) is 0. The number of ether oxygens (including phenoxy) is 2. The van der Waals surface area contributed by atoms with Crippen LogP contribution in [0, 0.1) is 0 Å². The Morgan fingerprint density at radius 3 is 2.38 bits per heavy atom. The van der Waals surface area contributed by atoms with Crippen molar-refractivity contribution >= 4 is 40.1 Å². The Kier molecular flexibility index (Phi) is 7.82. The van der Waals surface area contributed by atoms with Gasteiger partial charge in [-0.05, 0) is 24.3 Å². The van der Waals surface area contributed by atoms with Crippen LogP contribution in [0.2, 0.25) is 0 Å². The molecule has 0 saturated carbocycles. The van der Waals surface area contributed by atoms with Gasteiger partial charge in [0.05, 0.1) is 12.1 Å². The number of aromatic nitrogens is 1. The predicted molar refractivity (Wildman–Crippen MR) is 118 cm³/mol. The molecule has 0 fully saturated rings. The van der Waals surface area contributed by atoms with E-state index in [1.54, 1.807) is 0 Å². The number of ketones is 1. The molecule has 0 radical (unpaired) electrons. The molecule has 0 spiro atoms. The molecule has 32 heavy (non-hydrogen) atoms. The lowest BCUT2D eigenvalue weighted by Gasteiger charge is -2.06. The van der Waals surface area contributed by atoms with E-state index in [4.69, 9.17) is 9.47 Å². The van der Waals surface area contributed by atoms with Gasteiger partial charge in [0, 0.05) is 29.9 Å². The van der Waals surface area contributed by atoms with E-state index in [1.807, 2.05) is 35.7 Å². The van der Waals surface area contributed by atoms with Crippen molar-refractivity contribution in [2.24, 2.45) is 0 Å². The average molecular weight is 452 g/mol. The molecule has 3 aromatic rings. The number of rotatable bonds is 9. The summed E-state index contributed by atoms with van der Waals surface area (Å²) in [6, 6.07) is 15.5. The second kappa shape index (κ2) is 11.0. The maximum Gasteiger partial charge on any atom is 0.308 e. The summed E-state index contributed by atoms with van der Waals surface area (Å²) in [6.07, 6.45) is -0.258. The summed E-state index contributed by atoms with van der Waals surface area (Å²) in [4.78, 5) is 51.3. The number of anilines is 1. The zero-order valence-electron chi connectivity index (χ0n) is 17.2. The fourth-order valence-electron chi connectivity index (χ4n) is 2.65. The van der Waals surface area contributed by atoms with Gasteiger partial charge in [0.25, 0.3) is 0 Å². The van der Waals surface area contributed by atoms with E-state index in [1.165, 1.54) is 42.5 Å². The second-order valence-electron chi connectivity index (χ2n) is 6.65. The number of nitrogens with zero attached hydrogens (tertiary/aromatic N) is 1. The predicted octanol–water partition coefficient (Wildman–Crippen LogP) is 3.88. The molecule has 9 heteroatoms. The molecule has 2 aromatic carbocycles. The van der Waals surface area contributed by atoms with E-state index in [0.717, 1.165) is 11.3 Å². The minimum absolute atomic E-state index is 0.0929. The molecule has 164 valence electrons. The molecule has 1 N–H and O–H groups in total. The molecule has 0 aliphatic carbocycles. The van der Waals surface area contributed by atoms with Crippen LogP contribution in [0.5, 0.6) is 5.75 Å². The first-order valence-corrected chi connectivity index (χ1v) is 10.6. The van der Waals surface area contributed by atoms with Crippen molar-refractivity contribution in [3.05, 3.63) is 65.5 Å². The number of Topliss-reactive ketones (excluding diaryl/α,β-unsaturated/α-hetero) is 1. The molecular weight excluding hydrogens is 432 g/mol. The Labute approximate surface area is 188 Å². The first-order chi connectivity index (χ1) is 15.4. The highest BCUT2D eigenvalue weighted by atomic mass is 32.1. The van der Waals surface area contributed by atoms with Crippen LogP contribution in [-0.2, 0) is 19.1 Å². The van der Waals surface area contributed by atoms with Gasteiger partial charge in [-0.25, -0.2) is 4.98 Å². The van der Waals surface area contributed by atoms with Crippen molar-refractivity contribution in [3.8, 4) is 17.0 Å². The number of carbonyl (C=O) groups is 4. The lowest BCUT2D eigenvalue weighted by molar-refractivity contribution is -0.143. The summed E-state index contributed by atoms with van der Waals surface area (Å²) in [5.41, 5.74) is 2.01. The Morgan fingerprint density at radius 2 is 1.69 bits per heavy atom. The Bertz CT molecular complexity index is 1110. The lowest BCUT2D eigenvalue weighted by Crippen LogP contribution is -2.17. The largest absolute Gasteiger partial charge is 0.457 e. The molecule has 0 unspecified atom stereocenters. The van der Waals surface area contributed by atoms with Crippen LogP contribution in [0.1, 0.15) is 30.1 Å². The third kappa shape index (κ3) is 6.85. The topological polar surface area (TPSA) is 112 Å². The molecule has 0 aliphatic heterocycles. The minimum Gasteiger partial charge on any atom is -0.457 e. The number of benzene rings is 2. The standard InChI is InChI=1S/C23H20N2O6S/c1-15(26)31-18-9-7-17(8-10-18)20(27)13-30-22(29)12-11-21(28)25-23-24-19(14-32-23)16-5-3-2-4-6-16/h2-10,14H,11-13H2,1H3,(H,24,25,28). The number of carbonyl (C=O) groups excluding carboxylic acids is 4. The molecule has 1 heterocycles. The second-order valence-corrected chi connectivity index (χ2v) is 7.51. The highest BCUT2D eigenvalue weighted by Crippen LogP contribution is 2.24. The number of amides is 1. The van der Waals surface area contributed by atoms with Crippen LogP contribution >= 0.6 is 11.3 Å². The number of hydrogen-bond donors (Lipinski definition) is 1. The quantitative estimate of drug-likeness (QED) is 0.298. The Balaban J connectivity index is 1.40. The molecule has 1 aromatic heterocycles. The molecular formula is C23H20N2O6S. The smallest absolute Gasteiger partial charge is 0.308 e. The molecule has 3 rings (SSSR count). The Morgan fingerprint density at radius 1 is 0.969 bits per heavy atom. The van der Waals surface area contributed by atoms with Gasteiger partial charge in [0.1, 0.15) is 5.75 Å². The van der Waals surface area contributed by atoms with Crippen molar-refractivity contribution in [1.82, 2.24) is 4.98 Å². The monoisotopic (exact) mass is 452 g/mol. The van der Waals surface area contributed by atoms with Gasteiger partial charge in [0.15, 0.2) is 17.5 Å². The number of thiazole rings is 1. The van der Waals surface area contributed by atoms with E-state index in [-0.39, 0.29) is 18.7 Å². The summed E-state index contributed by atoms with van der Waals surface area (Å²) in [6.45, 7) is 0.831. The van der Waals surface area contributed by atoms with Crippen molar-refractivity contribution in [1.29, 1.82) is 0 Å². The number of esters is 2. The van der Waals surface area contributed by atoms with Crippen molar-refractivity contribution in [2.45, 2.75) is 19.8 Å². The van der Waals surface area contributed by atoms with Gasteiger partial charge in [-0.15, -0.1) is 11.3 Å². The third-order valence-electron chi connectivity index (χ3n) is 4.18. The average Bonchev–Trinajstić information content (AvgIpc) is 3.25. The molecule has 0 saturated heterocycles. The molecule has 8 nitrogen and oxygen atoms in total. The van der Waals surface area contributed by atoms with Gasteiger partial charge < -0.3 is 14.8 Å². The maximum atomic E-state index is 12.1. The van der Waals surface area contributed by atoms with Crippen LogP contribution in [0.3, 0.4) is 0 Å². The first kappa shape index (κ1) is 22.8. The van der Waals surface area contributed by atoms with Crippen LogP contribution in [-0.4, -0.2) is 35.2 Å². The van der Waals surface area contributed by atoms with Gasteiger partial charge in [-0.2, -0.15) is 0 Å². The van der Waals surface area contributed by atoms with E-state index >= 15 is 0 Å². The van der Waals surface area contributed by atoms with Crippen molar-refractivity contribution in [3.63, 3.8) is 0 Å². The summed E-state index contributed by atoms with van der Waals surface area (Å²) in [5, 5.41) is 4.93. The summed E-state index contributed by atoms with van der Waals surface area (Å²) >= 11 is 1.29. The van der Waals surface area contributed by atoms with Crippen LogP contribution in [0.15, 0.2) is 60.0 Å². The van der Waals surface area contributed by atoms with Gasteiger partial charge in [-0.3, -0.25) is 19.2 Å². The van der Waals surface area contributed by atoms with E-state index in [2.05, 4.69) is 10.3 Å². The molecule has 1 amide bonds. The third-order valence-corrected chi connectivity index (χ3v) is 4.94. The fourth-order valence-corrected chi connectivity index (χ4v) is 3.38. The zero-order chi connectivity index (χ0) is 22.9. The minimum atomic E-state index is -0.658. The van der Waals surface area contributed by atoms with Gasteiger partial charge in [0.2, 0.25) is 5.91 Å². The summed E-state index contributed by atoms with van der Waals surface area (Å²) < 4.78 is 9.84. The van der Waals surface area contributed by atoms with Gasteiger partial charge in [-0.1, -0.05) is 30.3 Å². The first-order valence-electron chi connectivity index (χ1n) is 9.69. The normalized spacial score (nSPS) is 10.3. The Hall–Kier alpha value is -3.85. The molecule has 0 bridgehead atoms. The zero-order valence-corrected chi connectivity index (χ0v) is 18.0. The van der Waals surface area contributed by atoms with E-state index in [0.29, 0.717) is 16.4 Å². The summed E-state index contributed by atoms with van der Waals surface area (Å²) in [5.74, 6) is -1.59. The molecule has 0 aliphatic rings. The van der Waals surface area contributed by atoms with Crippen molar-refractivity contribution < 1.29 is 28.7 Å². The number of hydrogen-bond acceptors (Lipinski definition) is 8. The fraction of sp³-hybridized carbons (Fsp3) is 0.174. The molecule has 0 atom stereocenters. The van der Waals surface area contributed by atoms with E-state index in [9.17, 15) is 19.2 Å². The SMILES string of the molecule is CC(=O)Oc1ccc(C(=O)COC(=O)CCC(=O)Nc2nc(-c3ccccc3)cs2)cc1. The van der Waals surface area contributed by atoms with E-state index < -0.39 is 24.3 Å². The highest BCUT2D eigenvalue weighted by Gasteiger charge is 2.13. The number of nitrogens with one attached hydrogen (secondary N) is 1. The maximum absolute atomic E-state index is 12.1. The van der Waals surface area contributed by atoms with Gasteiger partial charge >= 0.3 is 11.9 Å². The highest BCUT2D eigenvalue weighted by molar-refractivity contribution is 7.14. The van der Waals surface area contributed by atoms with Crippen LogP contribution < -0.4 is 10.1 Å². The van der Waals surface area contributed by atoms with Crippen molar-refractivity contribution in [2.75, 3.05) is 11.9 Å². The lowest BCUT2D eigenvalue weighted by atomic mass is 10.1. The van der Waals surface area contributed by atoms with Crippen LogP contribution in [0.4, 0.5) is 5.13 Å².